The maximum Gasteiger partial charge on any atom is 0.237 e. The van der Waals surface area contributed by atoms with Gasteiger partial charge in [0.15, 0.2) is 0 Å². The molecule has 0 radical (unpaired) electrons. The molecule has 1 unspecified atom stereocenters. The van der Waals surface area contributed by atoms with Gasteiger partial charge in [-0.3, -0.25) is 5.21 Å². The van der Waals surface area contributed by atoms with Gasteiger partial charge in [-0.1, -0.05) is 29.8 Å². The molecule has 1 aliphatic carbocycles. The van der Waals surface area contributed by atoms with E-state index in [0.29, 0.717) is 11.4 Å². The van der Waals surface area contributed by atoms with Gasteiger partial charge in [0, 0.05) is 10.6 Å². The van der Waals surface area contributed by atoms with E-state index in [2.05, 4.69) is 20.4 Å². The third kappa shape index (κ3) is 3.22. The molecule has 1 aliphatic rings. The molecule has 124 valence electrons. The average molecular weight is 345 g/mol. The Morgan fingerprint density at radius 3 is 2.92 bits per heavy atom. The fraction of sp³-hybridized carbons (Fsp3) is 0.250. The van der Waals surface area contributed by atoms with Crippen molar-refractivity contribution in [1.29, 1.82) is 0 Å². The molecule has 0 fully saturated rings. The number of guanidine groups is 1. The third-order valence-electron chi connectivity index (χ3n) is 4.02. The first-order valence-electron chi connectivity index (χ1n) is 7.46. The van der Waals surface area contributed by atoms with Crippen molar-refractivity contribution in [2.75, 3.05) is 0 Å². The van der Waals surface area contributed by atoms with Crippen molar-refractivity contribution < 1.29 is 5.21 Å². The number of fused-ring (bicyclic) bond motifs is 1. The highest BCUT2D eigenvalue weighted by Gasteiger charge is 2.28. The third-order valence-corrected chi connectivity index (χ3v) is 4.36. The monoisotopic (exact) mass is 344 g/mol. The summed E-state index contributed by atoms with van der Waals surface area (Å²) in [4.78, 5) is 0. The largest absolute Gasteiger partial charge is 0.367 e. The summed E-state index contributed by atoms with van der Waals surface area (Å²) < 4.78 is 0. The van der Waals surface area contributed by atoms with Crippen LogP contribution in [-0.2, 0) is 6.42 Å². The van der Waals surface area contributed by atoms with Crippen LogP contribution in [0.5, 0.6) is 0 Å². The number of nitrogens with zero attached hydrogens (tertiary/aromatic N) is 4. The van der Waals surface area contributed by atoms with Crippen LogP contribution in [0.2, 0.25) is 5.02 Å². The summed E-state index contributed by atoms with van der Waals surface area (Å²) in [5.41, 5.74) is 11.8. The fourth-order valence-electron chi connectivity index (χ4n) is 2.96. The molecule has 0 saturated heterocycles. The summed E-state index contributed by atoms with van der Waals surface area (Å²) in [5, 5.41) is 25.8. The summed E-state index contributed by atoms with van der Waals surface area (Å²) in [6.45, 7) is 1.95. The first kappa shape index (κ1) is 16.4. The number of aryl methyl sites for hydroxylation is 1. The van der Waals surface area contributed by atoms with E-state index in [9.17, 15) is 0 Å². The molecule has 24 heavy (non-hydrogen) atoms. The summed E-state index contributed by atoms with van der Waals surface area (Å²) >= 11 is 6.35. The van der Waals surface area contributed by atoms with Gasteiger partial charge in [0.2, 0.25) is 5.96 Å². The van der Waals surface area contributed by atoms with Crippen LogP contribution in [0.4, 0.5) is 0 Å². The SMILES string of the molecule is Cc1cnnc2c1C(=NN=C(N)NO)CC(c1ccccc1Cl)C2. The van der Waals surface area contributed by atoms with Gasteiger partial charge in [-0.05, 0) is 42.9 Å². The van der Waals surface area contributed by atoms with E-state index < -0.39 is 0 Å². The Kier molecular flexibility index (Phi) is 4.73. The quantitative estimate of drug-likeness (QED) is 0.439. The van der Waals surface area contributed by atoms with E-state index in [-0.39, 0.29) is 11.9 Å². The van der Waals surface area contributed by atoms with Gasteiger partial charge >= 0.3 is 0 Å². The highest BCUT2D eigenvalue weighted by atomic mass is 35.5. The second-order valence-electron chi connectivity index (χ2n) is 5.62. The number of benzene rings is 1. The smallest absolute Gasteiger partial charge is 0.237 e. The molecule has 1 heterocycles. The van der Waals surface area contributed by atoms with Crippen molar-refractivity contribution in [3.8, 4) is 0 Å². The van der Waals surface area contributed by atoms with Crippen molar-refractivity contribution in [2.45, 2.75) is 25.7 Å². The van der Waals surface area contributed by atoms with Gasteiger partial charge in [0.05, 0.1) is 17.6 Å². The highest BCUT2D eigenvalue weighted by Crippen LogP contribution is 2.36. The van der Waals surface area contributed by atoms with Crippen LogP contribution in [-0.4, -0.2) is 27.1 Å². The lowest BCUT2D eigenvalue weighted by molar-refractivity contribution is 0.232. The summed E-state index contributed by atoms with van der Waals surface area (Å²) in [5.74, 6) is -0.0526. The minimum atomic E-state index is -0.177. The predicted octanol–water partition coefficient (Wildman–Crippen LogP) is 2.17. The zero-order valence-corrected chi connectivity index (χ0v) is 13.8. The number of aromatic nitrogens is 2. The molecule has 1 aromatic heterocycles. The number of nitrogens with two attached hydrogens (primary N) is 1. The maximum absolute atomic E-state index is 8.77. The van der Waals surface area contributed by atoms with Crippen LogP contribution in [0.15, 0.2) is 40.7 Å². The molecule has 2 aromatic rings. The van der Waals surface area contributed by atoms with E-state index >= 15 is 0 Å². The minimum absolute atomic E-state index is 0.125. The Labute approximate surface area is 144 Å². The Morgan fingerprint density at radius 2 is 2.17 bits per heavy atom. The lowest BCUT2D eigenvalue weighted by atomic mass is 9.80. The van der Waals surface area contributed by atoms with Gasteiger partial charge in [0.25, 0.3) is 0 Å². The van der Waals surface area contributed by atoms with E-state index in [0.717, 1.165) is 34.5 Å². The second kappa shape index (κ2) is 6.94. The predicted molar refractivity (Wildman–Crippen MR) is 92.4 cm³/mol. The molecular weight excluding hydrogens is 328 g/mol. The molecule has 0 amide bonds. The zero-order valence-electron chi connectivity index (χ0n) is 13.1. The number of hydrogen-bond donors (Lipinski definition) is 3. The lowest BCUT2D eigenvalue weighted by Gasteiger charge is -2.26. The van der Waals surface area contributed by atoms with Crippen LogP contribution in [0.1, 0.15) is 34.7 Å². The molecule has 7 nitrogen and oxygen atoms in total. The summed E-state index contributed by atoms with van der Waals surface area (Å²) in [6.07, 6.45) is 3.07. The van der Waals surface area contributed by atoms with E-state index in [1.54, 1.807) is 11.7 Å². The van der Waals surface area contributed by atoms with Gasteiger partial charge in [-0.25, -0.2) is 5.48 Å². The summed E-state index contributed by atoms with van der Waals surface area (Å²) in [7, 11) is 0. The first-order valence-corrected chi connectivity index (χ1v) is 7.84. The standard InChI is InChI=1S/C16H17ClN6O/c1-9-8-19-20-13-6-10(11-4-2-3-5-12(11)17)7-14(15(9)13)21-22-16(18)23-24/h2-5,8,10,24H,6-7H2,1H3,(H3,18,22,23). The Hall–Kier alpha value is -2.51. The molecule has 0 aliphatic heterocycles. The normalized spacial score (nSPS) is 19.2. The van der Waals surface area contributed by atoms with Crippen LogP contribution < -0.4 is 11.2 Å². The van der Waals surface area contributed by atoms with Gasteiger partial charge in [0.1, 0.15) is 0 Å². The van der Waals surface area contributed by atoms with Crippen LogP contribution in [0, 0.1) is 6.92 Å². The van der Waals surface area contributed by atoms with Crippen molar-refractivity contribution in [1.82, 2.24) is 15.7 Å². The van der Waals surface area contributed by atoms with Gasteiger partial charge < -0.3 is 5.73 Å². The van der Waals surface area contributed by atoms with E-state index in [1.165, 1.54) is 0 Å². The topological polar surface area (TPSA) is 109 Å². The van der Waals surface area contributed by atoms with Crippen LogP contribution in [0.25, 0.3) is 0 Å². The lowest BCUT2D eigenvalue weighted by Crippen LogP contribution is -2.28. The molecule has 3 rings (SSSR count). The Bertz CT molecular complexity index is 820. The van der Waals surface area contributed by atoms with Crippen molar-refractivity contribution >= 4 is 23.3 Å². The number of hydrogen-bond acceptors (Lipinski definition) is 5. The minimum Gasteiger partial charge on any atom is -0.367 e. The maximum atomic E-state index is 8.77. The number of halogens is 1. The van der Waals surface area contributed by atoms with Gasteiger partial charge in [-0.15, -0.1) is 5.10 Å². The number of hydroxylamine groups is 1. The Morgan fingerprint density at radius 1 is 1.38 bits per heavy atom. The molecular formula is C16H17ClN6O. The number of rotatable bonds is 2. The number of nitrogens with one attached hydrogen (secondary N) is 1. The Balaban J connectivity index is 2.07. The van der Waals surface area contributed by atoms with Crippen molar-refractivity contribution in [2.24, 2.45) is 15.9 Å². The molecule has 0 bridgehead atoms. The zero-order chi connectivity index (χ0) is 17.1. The van der Waals surface area contributed by atoms with Gasteiger partial charge in [-0.2, -0.15) is 15.3 Å². The second-order valence-corrected chi connectivity index (χ2v) is 6.03. The van der Waals surface area contributed by atoms with Crippen LogP contribution >= 0.6 is 11.6 Å². The van der Waals surface area contributed by atoms with E-state index in [4.69, 9.17) is 22.5 Å². The molecule has 0 spiro atoms. The summed E-state index contributed by atoms with van der Waals surface area (Å²) in [6, 6.07) is 7.74. The highest BCUT2D eigenvalue weighted by molar-refractivity contribution is 6.31. The molecule has 0 saturated carbocycles. The first-order chi connectivity index (χ1) is 11.6. The molecule has 1 atom stereocenters. The average Bonchev–Trinajstić information content (AvgIpc) is 2.59. The van der Waals surface area contributed by atoms with Crippen LogP contribution in [0.3, 0.4) is 0 Å². The molecule has 4 N–H and O–H groups in total. The molecule has 8 heteroatoms. The molecule has 1 aromatic carbocycles. The van der Waals surface area contributed by atoms with E-state index in [1.807, 2.05) is 31.2 Å². The van der Waals surface area contributed by atoms with Crippen molar-refractivity contribution in [3.05, 3.63) is 57.9 Å². The fourth-order valence-corrected chi connectivity index (χ4v) is 3.25. The van der Waals surface area contributed by atoms with Crippen molar-refractivity contribution in [3.63, 3.8) is 0 Å².